The number of fused-ring (bicyclic) bond motifs is 1. The van der Waals surface area contributed by atoms with Gasteiger partial charge in [-0.05, 0) is 37.3 Å². The third-order valence-electron chi connectivity index (χ3n) is 4.04. The highest BCUT2D eigenvalue weighted by molar-refractivity contribution is 9.10. The normalized spacial score (nSPS) is 10.9. The average molecular weight is 430 g/mol. The summed E-state index contributed by atoms with van der Waals surface area (Å²) in [7, 11) is 1.81. The van der Waals surface area contributed by atoms with Gasteiger partial charge in [-0.3, -0.25) is 4.79 Å². The molecule has 0 spiro atoms. The lowest BCUT2D eigenvalue weighted by molar-refractivity contribution is -0.130. The minimum Gasteiger partial charge on any atom is -0.338 e. The molecule has 3 aromatic rings. The van der Waals surface area contributed by atoms with E-state index in [0.29, 0.717) is 18.8 Å². The number of rotatable bonds is 6. The molecule has 0 saturated carbocycles. The molecule has 0 fully saturated rings. The largest absolute Gasteiger partial charge is 0.338 e. The number of amides is 1. The van der Waals surface area contributed by atoms with Gasteiger partial charge in [-0.15, -0.1) is 11.8 Å². The van der Waals surface area contributed by atoms with Gasteiger partial charge in [0.15, 0.2) is 0 Å². The highest BCUT2D eigenvalue weighted by Gasteiger charge is 2.12. The first-order valence-electron chi connectivity index (χ1n) is 8.37. The number of carbonyl (C=O) groups excluding carboxylic acids is 1. The topological polar surface area (TPSA) is 46.1 Å². The van der Waals surface area contributed by atoms with E-state index in [0.717, 1.165) is 31.7 Å². The van der Waals surface area contributed by atoms with E-state index in [4.69, 9.17) is 0 Å². The lowest BCUT2D eigenvalue weighted by Crippen LogP contribution is -2.27. The van der Waals surface area contributed by atoms with Crippen LogP contribution < -0.4 is 0 Å². The van der Waals surface area contributed by atoms with E-state index in [1.54, 1.807) is 23.7 Å². The molecule has 0 N–H and O–H groups in total. The van der Waals surface area contributed by atoms with Crippen molar-refractivity contribution in [2.24, 2.45) is 0 Å². The second kappa shape index (κ2) is 8.64. The number of carbonyl (C=O) groups is 1. The minimum absolute atomic E-state index is 0.101. The number of hydrogen-bond donors (Lipinski definition) is 0. The van der Waals surface area contributed by atoms with Crippen LogP contribution in [0.15, 0.2) is 57.9 Å². The van der Waals surface area contributed by atoms with Crippen molar-refractivity contribution in [2.75, 3.05) is 12.8 Å². The van der Waals surface area contributed by atoms with Gasteiger partial charge in [0, 0.05) is 39.7 Å². The van der Waals surface area contributed by atoms with Crippen LogP contribution in [0.1, 0.15) is 17.9 Å². The second-order valence-corrected chi connectivity index (χ2v) is 8.13. The van der Waals surface area contributed by atoms with Crippen LogP contribution in [0.5, 0.6) is 0 Å². The number of benzene rings is 2. The fourth-order valence-electron chi connectivity index (χ4n) is 2.64. The number of aryl methyl sites for hydroxylation is 1. The summed E-state index contributed by atoms with van der Waals surface area (Å²) in [6.45, 7) is 2.40. The van der Waals surface area contributed by atoms with Crippen molar-refractivity contribution in [3.63, 3.8) is 0 Å². The first-order valence-corrected chi connectivity index (χ1v) is 10.2. The van der Waals surface area contributed by atoms with E-state index < -0.39 is 0 Å². The predicted molar refractivity (Wildman–Crippen MR) is 110 cm³/mol. The van der Waals surface area contributed by atoms with Crippen molar-refractivity contribution in [2.45, 2.75) is 24.8 Å². The zero-order chi connectivity index (χ0) is 18.5. The van der Waals surface area contributed by atoms with Crippen LogP contribution in [0, 0.1) is 6.92 Å². The Morgan fingerprint density at radius 2 is 1.85 bits per heavy atom. The number of thioether (sulfide) groups is 1. The van der Waals surface area contributed by atoms with Gasteiger partial charge < -0.3 is 4.90 Å². The van der Waals surface area contributed by atoms with Crippen LogP contribution in [-0.4, -0.2) is 33.6 Å². The number of para-hydroxylation sites is 1. The average Bonchev–Trinajstić information content (AvgIpc) is 2.63. The zero-order valence-electron chi connectivity index (χ0n) is 14.8. The molecular formula is C20H20BrN3OS. The summed E-state index contributed by atoms with van der Waals surface area (Å²) in [5.74, 6) is 1.53. The summed E-state index contributed by atoms with van der Waals surface area (Å²) in [6, 6.07) is 16.1. The molecule has 0 aliphatic rings. The minimum atomic E-state index is 0.101. The van der Waals surface area contributed by atoms with Crippen molar-refractivity contribution < 1.29 is 4.79 Å². The highest BCUT2D eigenvalue weighted by Crippen LogP contribution is 2.21. The molecule has 0 radical (unpaired) electrons. The number of nitrogens with zero attached hydrogens (tertiary/aromatic N) is 3. The summed E-state index contributed by atoms with van der Waals surface area (Å²) < 4.78 is 1.06. The first kappa shape index (κ1) is 18.9. The van der Waals surface area contributed by atoms with E-state index in [1.165, 1.54) is 0 Å². The molecule has 0 aliphatic carbocycles. The molecule has 0 saturated heterocycles. The van der Waals surface area contributed by atoms with Gasteiger partial charge in [-0.25, -0.2) is 9.97 Å². The van der Waals surface area contributed by atoms with Crippen molar-refractivity contribution in [1.29, 1.82) is 0 Å². The molecule has 0 aliphatic heterocycles. The fourth-order valence-corrected chi connectivity index (χ4v) is 3.75. The van der Waals surface area contributed by atoms with Crippen LogP contribution in [-0.2, 0) is 11.3 Å². The molecule has 6 heteroatoms. The van der Waals surface area contributed by atoms with Crippen LogP contribution >= 0.6 is 27.7 Å². The summed E-state index contributed by atoms with van der Waals surface area (Å²) in [5, 5.41) is 1.05. The van der Waals surface area contributed by atoms with Crippen molar-refractivity contribution >= 4 is 44.5 Å². The standard InChI is InChI=1S/C20H20BrN3OS/c1-14-17-5-3-4-6-18(17)23-19(22-14)13-24(2)20(25)11-12-26-16-9-7-15(21)8-10-16/h3-10H,11-13H2,1-2H3. The summed E-state index contributed by atoms with van der Waals surface area (Å²) in [4.78, 5) is 24.4. The summed E-state index contributed by atoms with van der Waals surface area (Å²) in [6.07, 6.45) is 0.490. The van der Waals surface area contributed by atoms with Gasteiger partial charge in [0.1, 0.15) is 5.82 Å². The number of halogens is 1. The van der Waals surface area contributed by atoms with Crippen LogP contribution in [0.2, 0.25) is 0 Å². The maximum Gasteiger partial charge on any atom is 0.223 e. The van der Waals surface area contributed by atoms with Gasteiger partial charge >= 0.3 is 0 Å². The molecule has 0 unspecified atom stereocenters. The Morgan fingerprint density at radius 3 is 2.62 bits per heavy atom. The molecule has 2 aromatic carbocycles. The third-order valence-corrected chi connectivity index (χ3v) is 5.59. The van der Waals surface area contributed by atoms with E-state index in [9.17, 15) is 4.79 Å². The maximum absolute atomic E-state index is 12.4. The molecule has 0 bridgehead atoms. The predicted octanol–water partition coefficient (Wildman–Crippen LogP) is 4.84. The summed E-state index contributed by atoms with van der Waals surface area (Å²) >= 11 is 5.11. The van der Waals surface area contributed by atoms with Gasteiger partial charge in [0.05, 0.1) is 12.1 Å². The molecule has 1 amide bonds. The van der Waals surface area contributed by atoms with Gasteiger partial charge in [-0.2, -0.15) is 0 Å². The molecule has 0 atom stereocenters. The van der Waals surface area contributed by atoms with E-state index >= 15 is 0 Å². The van der Waals surface area contributed by atoms with Crippen molar-refractivity contribution in [1.82, 2.24) is 14.9 Å². The maximum atomic E-state index is 12.4. The van der Waals surface area contributed by atoms with Crippen LogP contribution in [0.25, 0.3) is 10.9 Å². The van der Waals surface area contributed by atoms with Gasteiger partial charge in [0.25, 0.3) is 0 Å². The Hall–Kier alpha value is -1.92. The van der Waals surface area contributed by atoms with Gasteiger partial charge in [-0.1, -0.05) is 34.1 Å². The molecule has 4 nitrogen and oxygen atoms in total. The highest BCUT2D eigenvalue weighted by atomic mass is 79.9. The van der Waals surface area contributed by atoms with Gasteiger partial charge in [0.2, 0.25) is 5.91 Å². The Labute approximate surface area is 166 Å². The molecular weight excluding hydrogens is 410 g/mol. The molecule has 1 heterocycles. The Bertz CT molecular complexity index is 915. The van der Waals surface area contributed by atoms with E-state index in [-0.39, 0.29) is 5.91 Å². The SMILES string of the molecule is Cc1nc(CN(C)C(=O)CCSc2ccc(Br)cc2)nc2ccccc12. The molecule has 26 heavy (non-hydrogen) atoms. The molecule has 1 aromatic heterocycles. The monoisotopic (exact) mass is 429 g/mol. The first-order chi connectivity index (χ1) is 12.5. The Balaban J connectivity index is 1.56. The number of hydrogen-bond acceptors (Lipinski definition) is 4. The molecule has 134 valence electrons. The van der Waals surface area contributed by atoms with Crippen LogP contribution in [0.3, 0.4) is 0 Å². The van der Waals surface area contributed by atoms with E-state index in [1.807, 2.05) is 43.3 Å². The zero-order valence-corrected chi connectivity index (χ0v) is 17.2. The number of aromatic nitrogens is 2. The quantitative estimate of drug-likeness (QED) is 0.525. The lowest BCUT2D eigenvalue weighted by atomic mass is 10.2. The van der Waals surface area contributed by atoms with Crippen molar-refractivity contribution in [3.05, 3.63) is 64.5 Å². The second-order valence-electron chi connectivity index (χ2n) is 6.04. The smallest absolute Gasteiger partial charge is 0.223 e. The lowest BCUT2D eigenvalue weighted by Gasteiger charge is -2.17. The van der Waals surface area contributed by atoms with E-state index in [2.05, 4.69) is 38.0 Å². The van der Waals surface area contributed by atoms with Crippen LogP contribution in [0.4, 0.5) is 0 Å². The van der Waals surface area contributed by atoms with Crippen molar-refractivity contribution in [3.8, 4) is 0 Å². The third kappa shape index (κ3) is 4.83. The molecule has 3 rings (SSSR count). The summed E-state index contributed by atoms with van der Waals surface area (Å²) in [5.41, 5.74) is 1.86. The fraction of sp³-hybridized carbons (Fsp3) is 0.250. The Morgan fingerprint density at radius 1 is 1.12 bits per heavy atom. The Kier molecular flexibility index (Phi) is 6.27.